The van der Waals surface area contributed by atoms with E-state index in [4.69, 9.17) is 10.5 Å². The topological polar surface area (TPSA) is 64.3 Å². The van der Waals surface area contributed by atoms with Gasteiger partial charge in [-0.3, -0.25) is 4.79 Å². The predicted molar refractivity (Wildman–Crippen MR) is 89.1 cm³/mol. The van der Waals surface area contributed by atoms with Gasteiger partial charge in [0.1, 0.15) is 0 Å². The average molecular weight is 300 g/mol. The van der Waals surface area contributed by atoms with Crippen molar-refractivity contribution in [2.24, 2.45) is 17.1 Å². The Balaban J connectivity index is 4.61. The number of nitrogens with one attached hydrogen (secondary N) is 1. The first-order valence-corrected chi connectivity index (χ1v) is 7.91. The molecule has 0 aromatic rings. The fourth-order valence-corrected chi connectivity index (χ4v) is 2.49. The van der Waals surface area contributed by atoms with Crippen LogP contribution in [0.4, 0.5) is 0 Å². The van der Waals surface area contributed by atoms with Crippen molar-refractivity contribution < 1.29 is 9.53 Å². The second kappa shape index (κ2) is 7.10. The molecule has 0 spiro atoms. The summed E-state index contributed by atoms with van der Waals surface area (Å²) in [6.45, 7) is 19.2. The van der Waals surface area contributed by atoms with Gasteiger partial charge in [0, 0.05) is 17.0 Å². The molecule has 0 saturated heterocycles. The Morgan fingerprint density at radius 3 is 1.95 bits per heavy atom. The molecule has 1 unspecified atom stereocenters. The predicted octanol–water partition coefficient (Wildman–Crippen LogP) is 3.10. The van der Waals surface area contributed by atoms with Crippen LogP contribution in [-0.4, -0.2) is 29.7 Å². The van der Waals surface area contributed by atoms with E-state index < -0.39 is 5.41 Å². The van der Waals surface area contributed by atoms with Crippen LogP contribution in [0.25, 0.3) is 0 Å². The summed E-state index contributed by atoms with van der Waals surface area (Å²) in [5.74, 6) is -0.0984. The summed E-state index contributed by atoms with van der Waals surface area (Å²) in [5.41, 5.74) is 4.61. The molecule has 3 N–H and O–H groups in total. The van der Waals surface area contributed by atoms with Crippen molar-refractivity contribution in [3.8, 4) is 0 Å². The molecule has 0 bridgehead atoms. The molecular weight excluding hydrogens is 264 g/mol. The van der Waals surface area contributed by atoms with Crippen LogP contribution in [0.5, 0.6) is 0 Å². The molecule has 1 atom stereocenters. The van der Waals surface area contributed by atoms with Crippen LogP contribution in [0.3, 0.4) is 0 Å². The SMILES string of the molecule is CC(C)NC(C)(C)COC(C)(C)CC(C)C(C)(C)C(N)=O. The standard InChI is InChI=1S/C17H36N2O2/c1-12(2)19-15(4,5)11-21-16(6,7)10-13(3)17(8,9)14(18)20/h12-13,19H,10-11H2,1-9H3,(H2,18,20). The summed E-state index contributed by atoms with van der Waals surface area (Å²) >= 11 is 0. The summed E-state index contributed by atoms with van der Waals surface area (Å²) in [6, 6.07) is 0.416. The van der Waals surface area contributed by atoms with E-state index in [0.717, 1.165) is 6.42 Å². The van der Waals surface area contributed by atoms with E-state index in [9.17, 15) is 4.79 Å². The number of carbonyl (C=O) groups excluding carboxylic acids is 1. The summed E-state index contributed by atoms with van der Waals surface area (Å²) in [4.78, 5) is 11.6. The van der Waals surface area contributed by atoms with Gasteiger partial charge in [-0.15, -0.1) is 0 Å². The second-order valence-electron chi connectivity index (χ2n) is 8.42. The molecule has 0 radical (unpaired) electrons. The fourth-order valence-electron chi connectivity index (χ4n) is 2.49. The molecule has 0 aliphatic heterocycles. The van der Waals surface area contributed by atoms with Gasteiger partial charge >= 0.3 is 0 Å². The van der Waals surface area contributed by atoms with Crippen LogP contribution in [0.15, 0.2) is 0 Å². The van der Waals surface area contributed by atoms with E-state index in [2.05, 4.69) is 53.8 Å². The molecule has 0 fully saturated rings. The third kappa shape index (κ3) is 7.28. The number of ether oxygens (including phenoxy) is 1. The molecule has 0 aliphatic rings. The van der Waals surface area contributed by atoms with Gasteiger partial charge in [0.2, 0.25) is 5.91 Å². The molecule has 4 nitrogen and oxygen atoms in total. The molecule has 0 aliphatic carbocycles. The fraction of sp³-hybridized carbons (Fsp3) is 0.941. The Kier molecular flexibility index (Phi) is 6.89. The number of primary amides is 1. The van der Waals surface area contributed by atoms with Crippen molar-refractivity contribution in [3.05, 3.63) is 0 Å². The summed E-state index contributed by atoms with van der Waals surface area (Å²) in [6.07, 6.45) is 0.792. The third-order valence-electron chi connectivity index (χ3n) is 4.17. The Morgan fingerprint density at radius 1 is 1.10 bits per heavy atom. The Morgan fingerprint density at radius 2 is 1.57 bits per heavy atom. The lowest BCUT2D eigenvalue weighted by atomic mass is 9.74. The summed E-state index contributed by atoms with van der Waals surface area (Å²) < 4.78 is 6.13. The van der Waals surface area contributed by atoms with Gasteiger partial charge in [-0.05, 0) is 40.0 Å². The van der Waals surface area contributed by atoms with E-state index in [1.54, 1.807) is 0 Å². The molecule has 0 heterocycles. The number of nitrogens with two attached hydrogens (primary N) is 1. The molecule has 126 valence electrons. The minimum atomic E-state index is -0.521. The molecule has 4 heteroatoms. The van der Waals surface area contributed by atoms with Crippen molar-refractivity contribution in [3.63, 3.8) is 0 Å². The number of hydrogen-bond acceptors (Lipinski definition) is 3. The minimum absolute atomic E-state index is 0.0755. The van der Waals surface area contributed by atoms with Crippen LogP contribution in [0, 0.1) is 11.3 Å². The highest BCUT2D eigenvalue weighted by molar-refractivity contribution is 5.80. The molecule has 21 heavy (non-hydrogen) atoms. The van der Waals surface area contributed by atoms with Crippen molar-refractivity contribution in [2.45, 2.75) is 85.9 Å². The van der Waals surface area contributed by atoms with Crippen LogP contribution < -0.4 is 11.1 Å². The van der Waals surface area contributed by atoms with Crippen LogP contribution in [0.1, 0.15) is 68.7 Å². The van der Waals surface area contributed by atoms with Gasteiger partial charge < -0.3 is 15.8 Å². The van der Waals surface area contributed by atoms with Crippen molar-refractivity contribution >= 4 is 5.91 Å². The van der Waals surface area contributed by atoms with Gasteiger partial charge in [0.25, 0.3) is 0 Å². The number of amides is 1. The van der Waals surface area contributed by atoms with E-state index in [1.807, 2.05) is 13.8 Å². The molecular formula is C17H36N2O2. The molecule has 0 rings (SSSR count). The van der Waals surface area contributed by atoms with Crippen molar-refractivity contribution in [1.82, 2.24) is 5.32 Å². The van der Waals surface area contributed by atoms with Crippen molar-refractivity contribution in [2.75, 3.05) is 6.61 Å². The lowest BCUT2D eigenvalue weighted by Crippen LogP contribution is -2.49. The quantitative estimate of drug-likeness (QED) is 0.687. The maximum Gasteiger partial charge on any atom is 0.223 e. The lowest BCUT2D eigenvalue weighted by molar-refractivity contribution is -0.130. The van der Waals surface area contributed by atoms with Gasteiger partial charge in [-0.2, -0.15) is 0 Å². The Labute approximate surface area is 131 Å². The smallest absolute Gasteiger partial charge is 0.223 e. The molecule has 1 amide bonds. The maximum absolute atomic E-state index is 11.6. The molecule has 0 saturated carbocycles. The largest absolute Gasteiger partial charge is 0.374 e. The van der Waals surface area contributed by atoms with E-state index in [0.29, 0.717) is 12.6 Å². The zero-order chi connectivity index (χ0) is 17.1. The van der Waals surface area contributed by atoms with Crippen LogP contribution in [-0.2, 0) is 9.53 Å². The van der Waals surface area contributed by atoms with Gasteiger partial charge in [-0.1, -0.05) is 34.6 Å². The van der Waals surface area contributed by atoms with E-state index in [-0.39, 0.29) is 23.0 Å². The third-order valence-corrected chi connectivity index (χ3v) is 4.17. The van der Waals surface area contributed by atoms with Crippen LogP contribution in [0.2, 0.25) is 0 Å². The summed E-state index contributed by atoms with van der Waals surface area (Å²) in [5, 5.41) is 3.49. The number of carbonyl (C=O) groups is 1. The highest BCUT2D eigenvalue weighted by Crippen LogP contribution is 2.34. The van der Waals surface area contributed by atoms with Gasteiger partial charge in [0.05, 0.1) is 12.2 Å². The molecule has 0 aromatic carbocycles. The zero-order valence-electron chi connectivity index (χ0n) is 15.5. The number of rotatable bonds is 9. The summed E-state index contributed by atoms with van der Waals surface area (Å²) in [7, 11) is 0. The minimum Gasteiger partial charge on any atom is -0.374 e. The van der Waals surface area contributed by atoms with Crippen molar-refractivity contribution in [1.29, 1.82) is 0 Å². The number of hydrogen-bond donors (Lipinski definition) is 2. The maximum atomic E-state index is 11.6. The first-order valence-electron chi connectivity index (χ1n) is 7.91. The zero-order valence-corrected chi connectivity index (χ0v) is 15.5. The van der Waals surface area contributed by atoms with Crippen LogP contribution >= 0.6 is 0 Å². The van der Waals surface area contributed by atoms with E-state index >= 15 is 0 Å². The monoisotopic (exact) mass is 300 g/mol. The van der Waals surface area contributed by atoms with E-state index in [1.165, 1.54) is 0 Å². The van der Waals surface area contributed by atoms with Gasteiger partial charge in [0.15, 0.2) is 0 Å². The Hall–Kier alpha value is -0.610. The lowest BCUT2D eigenvalue weighted by Gasteiger charge is -2.38. The normalized spacial score (nSPS) is 15.3. The highest BCUT2D eigenvalue weighted by Gasteiger charge is 2.36. The first-order chi connectivity index (χ1) is 9.19. The first kappa shape index (κ1) is 20.4. The second-order valence-corrected chi connectivity index (χ2v) is 8.42. The molecule has 0 aromatic heterocycles. The average Bonchev–Trinajstić information content (AvgIpc) is 2.24. The van der Waals surface area contributed by atoms with Gasteiger partial charge in [-0.25, -0.2) is 0 Å². The Bertz CT molecular complexity index is 347. The highest BCUT2D eigenvalue weighted by atomic mass is 16.5.